The molecule has 1 aromatic carbocycles. The first-order chi connectivity index (χ1) is 8.31. The van der Waals surface area contributed by atoms with Crippen LogP contribution >= 0.6 is 0 Å². The molecular weight excluding hydrogens is 210 g/mol. The smallest absolute Gasteiger partial charge is 0.0661 e. The van der Waals surface area contributed by atoms with Gasteiger partial charge >= 0.3 is 0 Å². The van der Waals surface area contributed by atoms with Crippen molar-refractivity contribution < 1.29 is 4.74 Å². The van der Waals surface area contributed by atoms with Crippen LogP contribution in [-0.4, -0.2) is 19.8 Å². The van der Waals surface area contributed by atoms with Crippen LogP contribution in [0, 0.1) is 0 Å². The summed E-state index contributed by atoms with van der Waals surface area (Å²) in [6.45, 7) is 8.88. The zero-order valence-corrected chi connectivity index (χ0v) is 11.3. The summed E-state index contributed by atoms with van der Waals surface area (Å²) in [7, 11) is 0. The first kappa shape index (κ1) is 14.2. The molecule has 1 atom stereocenters. The van der Waals surface area contributed by atoms with Gasteiger partial charge in [0.2, 0.25) is 0 Å². The van der Waals surface area contributed by atoms with Gasteiger partial charge in [-0.05, 0) is 31.0 Å². The molecule has 0 heterocycles. The number of aryl methyl sites for hydroxylation is 1. The van der Waals surface area contributed by atoms with Gasteiger partial charge in [0, 0.05) is 6.61 Å². The van der Waals surface area contributed by atoms with Crippen molar-refractivity contribution in [3.63, 3.8) is 0 Å². The van der Waals surface area contributed by atoms with E-state index in [1.54, 1.807) is 0 Å². The lowest BCUT2D eigenvalue weighted by molar-refractivity contribution is 0.123. The number of benzene rings is 1. The molecule has 0 amide bonds. The predicted molar refractivity (Wildman–Crippen MR) is 73.3 cm³/mol. The van der Waals surface area contributed by atoms with Crippen LogP contribution < -0.4 is 5.32 Å². The normalized spacial score (nSPS) is 12.6. The molecule has 0 saturated heterocycles. The van der Waals surface area contributed by atoms with E-state index in [-0.39, 0.29) is 0 Å². The monoisotopic (exact) mass is 235 g/mol. The first-order valence-corrected chi connectivity index (χ1v) is 6.71. The number of hydrogen-bond acceptors (Lipinski definition) is 2. The van der Waals surface area contributed by atoms with E-state index in [0.717, 1.165) is 26.2 Å². The summed E-state index contributed by atoms with van der Waals surface area (Å²) in [5.74, 6) is 0. The topological polar surface area (TPSA) is 21.3 Å². The van der Waals surface area contributed by atoms with E-state index in [1.807, 2.05) is 6.92 Å². The van der Waals surface area contributed by atoms with Crippen molar-refractivity contribution >= 4 is 0 Å². The Hall–Kier alpha value is -0.860. The second-order valence-corrected chi connectivity index (χ2v) is 4.26. The van der Waals surface area contributed by atoms with Gasteiger partial charge in [-0.25, -0.2) is 0 Å². The molecule has 0 saturated carbocycles. The van der Waals surface area contributed by atoms with Gasteiger partial charge in [0.25, 0.3) is 0 Å². The number of hydrogen-bond donors (Lipinski definition) is 1. The average molecular weight is 235 g/mol. The Morgan fingerprint density at radius 1 is 1.24 bits per heavy atom. The van der Waals surface area contributed by atoms with Crippen LogP contribution in [0.3, 0.4) is 0 Å². The zero-order chi connectivity index (χ0) is 12.5. The number of rotatable bonds is 8. The van der Waals surface area contributed by atoms with E-state index in [1.165, 1.54) is 17.5 Å². The third-order valence-corrected chi connectivity index (χ3v) is 2.83. The lowest BCUT2D eigenvalue weighted by Crippen LogP contribution is -2.25. The van der Waals surface area contributed by atoms with Crippen LogP contribution in [0.25, 0.3) is 0 Å². The molecular formula is C15H25NO. The maximum absolute atomic E-state index is 5.54. The molecule has 0 bridgehead atoms. The Morgan fingerprint density at radius 3 is 2.71 bits per heavy atom. The van der Waals surface area contributed by atoms with Gasteiger partial charge in [-0.1, -0.05) is 44.5 Å². The highest BCUT2D eigenvalue weighted by atomic mass is 16.5. The summed E-state index contributed by atoms with van der Waals surface area (Å²) in [5, 5.41) is 3.48. The minimum Gasteiger partial charge on any atom is -0.380 e. The number of ether oxygens (including phenoxy) is 1. The van der Waals surface area contributed by atoms with E-state index >= 15 is 0 Å². The van der Waals surface area contributed by atoms with Gasteiger partial charge in [-0.15, -0.1) is 0 Å². The molecule has 0 aliphatic rings. The fourth-order valence-electron chi connectivity index (χ4n) is 2.01. The standard InChI is InChI=1S/C15H25NO/c1-4-8-13-9-7-10-14(11-13)15(16-5-2)12-17-6-3/h7,9-11,15-16H,4-6,8,12H2,1-3H3. The first-order valence-electron chi connectivity index (χ1n) is 6.71. The van der Waals surface area contributed by atoms with Crippen LogP contribution in [0.4, 0.5) is 0 Å². The number of likely N-dealkylation sites (N-methyl/N-ethyl adjacent to an activating group) is 1. The SMILES string of the molecule is CCCc1cccc(C(COCC)NCC)c1. The lowest BCUT2D eigenvalue weighted by atomic mass is 10.0. The molecule has 0 aliphatic carbocycles. The molecule has 1 N–H and O–H groups in total. The zero-order valence-electron chi connectivity index (χ0n) is 11.3. The van der Waals surface area contributed by atoms with Crippen molar-refractivity contribution in [3.8, 4) is 0 Å². The fraction of sp³-hybridized carbons (Fsp3) is 0.600. The molecule has 0 aliphatic heterocycles. The summed E-state index contributed by atoms with van der Waals surface area (Å²) in [6.07, 6.45) is 2.35. The Kier molecular flexibility index (Phi) is 6.90. The highest BCUT2D eigenvalue weighted by Crippen LogP contribution is 2.16. The van der Waals surface area contributed by atoms with Crippen molar-refractivity contribution in [2.24, 2.45) is 0 Å². The minimum atomic E-state index is 0.316. The van der Waals surface area contributed by atoms with E-state index < -0.39 is 0 Å². The summed E-state index contributed by atoms with van der Waals surface area (Å²) in [5.41, 5.74) is 2.76. The Morgan fingerprint density at radius 2 is 2.06 bits per heavy atom. The van der Waals surface area contributed by atoms with Crippen molar-refractivity contribution in [1.29, 1.82) is 0 Å². The average Bonchev–Trinajstić information content (AvgIpc) is 2.35. The molecule has 1 unspecified atom stereocenters. The third-order valence-electron chi connectivity index (χ3n) is 2.83. The van der Waals surface area contributed by atoms with E-state index in [4.69, 9.17) is 4.74 Å². The van der Waals surface area contributed by atoms with Gasteiger partial charge in [0.05, 0.1) is 12.6 Å². The summed E-state index contributed by atoms with van der Waals surface area (Å²) in [6, 6.07) is 9.16. The van der Waals surface area contributed by atoms with Crippen molar-refractivity contribution in [3.05, 3.63) is 35.4 Å². The molecule has 0 spiro atoms. The van der Waals surface area contributed by atoms with Gasteiger partial charge < -0.3 is 10.1 Å². The summed E-state index contributed by atoms with van der Waals surface area (Å²) in [4.78, 5) is 0. The molecule has 0 aromatic heterocycles. The largest absolute Gasteiger partial charge is 0.380 e. The summed E-state index contributed by atoms with van der Waals surface area (Å²) < 4.78 is 5.54. The molecule has 2 heteroatoms. The van der Waals surface area contributed by atoms with Crippen molar-refractivity contribution in [2.75, 3.05) is 19.8 Å². The van der Waals surface area contributed by atoms with Gasteiger partial charge in [-0.3, -0.25) is 0 Å². The van der Waals surface area contributed by atoms with Crippen molar-refractivity contribution in [2.45, 2.75) is 39.7 Å². The van der Waals surface area contributed by atoms with Crippen LogP contribution in [0.5, 0.6) is 0 Å². The highest BCUT2D eigenvalue weighted by Gasteiger charge is 2.10. The van der Waals surface area contributed by atoms with Crippen LogP contribution in [-0.2, 0) is 11.2 Å². The Balaban J connectivity index is 2.73. The second kappa shape index (κ2) is 8.26. The van der Waals surface area contributed by atoms with E-state index in [9.17, 15) is 0 Å². The highest BCUT2D eigenvalue weighted by molar-refractivity contribution is 5.26. The van der Waals surface area contributed by atoms with E-state index in [0.29, 0.717) is 6.04 Å². The van der Waals surface area contributed by atoms with Crippen molar-refractivity contribution in [1.82, 2.24) is 5.32 Å². The molecule has 1 aromatic rings. The second-order valence-electron chi connectivity index (χ2n) is 4.26. The number of nitrogens with one attached hydrogen (secondary N) is 1. The van der Waals surface area contributed by atoms with E-state index in [2.05, 4.69) is 43.4 Å². The predicted octanol–water partition coefficient (Wildman–Crippen LogP) is 3.33. The molecule has 17 heavy (non-hydrogen) atoms. The van der Waals surface area contributed by atoms with Crippen LogP contribution in [0.15, 0.2) is 24.3 Å². The Labute approximate surface area is 105 Å². The summed E-state index contributed by atoms with van der Waals surface area (Å²) >= 11 is 0. The van der Waals surface area contributed by atoms with Gasteiger partial charge in [0.15, 0.2) is 0 Å². The van der Waals surface area contributed by atoms with Crippen LogP contribution in [0.2, 0.25) is 0 Å². The third kappa shape index (κ3) is 4.88. The lowest BCUT2D eigenvalue weighted by Gasteiger charge is -2.18. The molecule has 1 rings (SSSR count). The quantitative estimate of drug-likeness (QED) is 0.746. The van der Waals surface area contributed by atoms with Gasteiger partial charge in [0.1, 0.15) is 0 Å². The fourth-order valence-corrected chi connectivity index (χ4v) is 2.01. The molecule has 0 fully saturated rings. The maximum atomic E-state index is 5.54. The maximum Gasteiger partial charge on any atom is 0.0661 e. The molecule has 2 nitrogen and oxygen atoms in total. The Bertz CT molecular complexity index is 312. The molecule has 96 valence electrons. The van der Waals surface area contributed by atoms with Gasteiger partial charge in [-0.2, -0.15) is 0 Å². The molecule has 0 radical (unpaired) electrons. The van der Waals surface area contributed by atoms with Crippen LogP contribution in [0.1, 0.15) is 44.4 Å². The minimum absolute atomic E-state index is 0.316.